The van der Waals surface area contributed by atoms with E-state index in [-0.39, 0.29) is 0 Å². The van der Waals surface area contributed by atoms with Gasteiger partial charge in [0.2, 0.25) is 9.84 Å². The largest absolute Gasteiger partial charge is 0.373 e. The second-order valence-corrected chi connectivity index (χ2v) is 3.38. The highest BCUT2D eigenvalue weighted by Gasteiger charge is 2.13. The van der Waals surface area contributed by atoms with Crippen LogP contribution in [0, 0.1) is 0 Å². The van der Waals surface area contributed by atoms with Gasteiger partial charge in [-0.25, -0.2) is 8.42 Å². The molecule has 0 aliphatic carbocycles. The highest BCUT2D eigenvalue weighted by atomic mass is 32.2. The summed E-state index contributed by atoms with van der Waals surface area (Å²) in [5.41, 5.74) is -1.52. The zero-order chi connectivity index (χ0) is 7.49. The van der Waals surface area contributed by atoms with Crippen molar-refractivity contribution in [1.29, 1.82) is 0 Å². The van der Waals surface area contributed by atoms with Gasteiger partial charge >= 0.3 is 0 Å². The molecule has 0 bridgehead atoms. The number of aliphatic hydroxyl groups excluding tert-OH is 1. The minimum absolute atomic E-state index is 0.694. The molecule has 0 saturated heterocycles. The Morgan fingerprint density at radius 1 is 1.44 bits per heavy atom. The topological polar surface area (TPSA) is 54.4 Å². The van der Waals surface area contributed by atoms with Crippen LogP contribution in [-0.2, 0) is 9.84 Å². The van der Waals surface area contributed by atoms with Crippen LogP contribution >= 0.6 is 0 Å². The van der Waals surface area contributed by atoms with Crippen LogP contribution in [0.1, 0.15) is 0 Å². The summed E-state index contributed by atoms with van der Waals surface area (Å²) in [6.07, 6.45) is 0.928. The third-order valence-electron chi connectivity index (χ3n) is 0.771. The van der Waals surface area contributed by atoms with E-state index in [1.807, 2.05) is 0 Å². The van der Waals surface area contributed by atoms with Gasteiger partial charge in [-0.1, -0.05) is 13.2 Å². The Hall–Kier alpha value is -0.610. The van der Waals surface area contributed by atoms with Gasteiger partial charge in [0.05, 0.1) is 0 Å². The Morgan fingerprint density at radius 2 is 1.89 bits per heavy atom. The van der Waals surface area contributed by atoms with Crippen molar-refractivity contribution in [2.75, 3.05) is 0 Å². The van der Waals surface area contributed by atoms with Gasteiger partial charge in [-0.15, -0.1) is 0 Å². The van der Waals surface area contributed by atoms with E-state index in [0.717, 1.165) is 6.08 Å². The van der Waals surface area contributed by atoms with Gasteiger partial charge < -0.3 is 5.11 Å². The second kappa shape index (κ2) is 2.80. The monoisotopic (exact) mass is 148 g/mol. The van der Waals surface area contributed by atoms with Crippen LogP contribution in [0.3, 0.4) is 0 Å². The molecule has 0 fully saturated rings. The first-order valence-corrected chi connectivity index (χ1v) is 3.82. The Kier molecular flexibility index (Phi) is 2.61. The second-order valence-electron chi connectivity index (χ2n) is 1.38. The molecule has 0 spiro atoms. The molecule has 9 heavy (non-hydrogen) atoms. The van der Waals surface area contributed by atoms with Crippen LogP contribution in [0.15, 0.2) is 24.6 Å². The molecular weight excluding hydrogens is 140 g/mol. The SMILES string of the molecule is C=CC(O)S(=O)(=O)C=C. The number of rotatable bonds is 3. The predicted octanol–water partition coefficient (Wildman–Crippen LogP) is 0.0491. The fraction of sp³-hybridized carbons (Fsp3) is 0.200. The van der Waals surface area contributed by atoms with E-state index in [9.17, 15) is 8.42 Å². The molecule has 0 aliphatic heterocycles. The fourth-order valence-corrected chi connectivity index (χ4v) is 0.698. The van der Waals surface area contributed by atoms with Gasteiger partial charge in [0.1, 0.15) is 0 Å². The molecule has 0 aromatic rings. The van der Waals surface area contributed by atoms with Crippen LogP contribution in [0.25, 0.3) is 0 Å². The number of hydrogen-bond acceptors (Lipinski definition) is 3. The summed E-state index contributed by atoms with van der Waals surface area (Å²) >= 11 is 0. The van der Waals surface area contributed by atoms with E-state index in [1.165, 1.54) is 0 Å². The van der Waals surface area contributed by atoms with Gasteiger partial charge in [0.25, 0.3) is 0 Å². The lowest BCUT2D eigenvalue weighted by atomic mass is 10.7. The van der Waals surface area contributed by atoms with Crippen molar-refractivity contribution in [3.05, 3.63) is 24.6 Å². The average molecular weight is 148 g/mol. The van der Waals surface area contributed by atoms with Crippen molar-refractivity contribution in [3.63, 3.8) is 0 Å². The van der Waals surface area contributed by atoms with Crippen molar-refractivity contribution in [2.24, 2.45) is 0 Å². The molecule has 0 rings (SSSR count). The van der Waals surface area contributed by atoms with Crippen molar-refractivity contribution in [2.45, 2.75) is 5.44 Å². The minimum atomic E-state index is -3.55. The summed E-state index contributed by atoms with van der Waals surface area (Å²) in [4.78, 5) is 0. The third-order valence-corrected chi connectivity index (χ3v) is 2.10. The standard InChI is InChI=1S/C5H8O3S/c1-3-5(6)9(7,8)4-2/h3-6H,1-2H2. The Bertz CT molecular complexity index is 202. The Morgan fingerprint density at radius 3 is 2.00 bits per heavy atom. The van der Waals surface area contributed by atoms with Gasteiger partial charge in [-0.2, -0.15) is 0 Å². The maximum absolute atomic E-state index is 10.5. The third kappa shape index (κ3) is 1.99. The van der Waals surface area contributed by atoms with E-state index in [1.54, 1.807) is 0 Å². The van der Waals surface area contributed by atoms with E-state index in [2.05, 4.69) is 13.2 Å². The van der Waals surface area contributed by atoms with Crippen molar-refractivity contribution in [3.8, 4) is 0 Å². The van der Waals surface area contributed by atoms with Crippen LogP contribution in [0.4, 0.5) is 0 Å². The molecule has 0 heterocycles. The molecule has 1 atom stereocenters. The number of sulfone groups is 1. The zero-order valence-electron chi connectivity index (χ0n) is 4.82. The molecular formula is C5H8O3S. The van der Waals surface area contributed by atoms with Crippen LogP contribution in [-0.4, -0.2) is 19.0 Å². The lowest BCUT2D eigenvalue weighted by molar-refractivity contribution is 0.296. The summed E-state index contributed by atoms with van der Waals surface area (Å²) in [7, 11) is -3.55. The van der Waals surface area contributed by atoms with Crippen LogP contribution in [0.5, 0.6) is 0 Å². The highest BCUT2D eigenvalue weighted by Crippen LogP contribution is 1.99. The fourth-order valence-electron chi connectivity index (χ4n) is 0.233. The van der Waals surface area contributed by atoms with Crippen molar-refractivity contribution in [1.82, 2.24) is 0 Å². The summed E-state index contributed by atoms with van der Waals surface area (Å²) < 4.78 is 21.0. The maximum Gasteiger partial charge on any atom is 0.201 e. The lowest BCUT2D eigenvalue weighted by Gasteiger charge is -1.99. The first-order chi connectivity index (χ1) is 4.04. The predicted molar refractivity (Wildman–Crippen MR) is 35.3 cm³/mol. The first-order valence-electron chi connectivity index (χ1n) is 2.21. The molecule has 0 saturated carbocycles. The van der Waals surface area contributed by atoms with Gasteiger partial charge in [-0.05, 0) is 6.08 Å². The van der Waals surface area contributed by atoms with E-state index < -0.39 is 15.3 Å². The van der Waals surface area contributed by atoms with E-state index in [4.69, 9.17) is 5.11 Å². The molecule has 0 aliphatic rings. The first kappa shape index (κ1) is 8.39. The molecule has 0 aromatic carbocycles. The maximum atomic E-state index is 10.5. The summed E-state index contributed by atoms with van der Waals surface area (Å²) in [6, 6.07) is 0. The van der Waals surface area contributed by atoms with Gasteiger partial charge in [0, 0.05) is 5.41 Å². The Balaban J connectivity index is 4.54. The molecule has 0 amide bonds. The molecule has 4 heteroatoms. The van der Waals surface area contributed by atoms with E-state index >= 15 is 0 Å². The molecule has 0 aromatic heterocycles. The quantitative estimate of drug-likeness (QED) is 0.575. The number of aliphatic hydroxyl groups is 1. The molecule has 1 N–H and O–H groups in total. The lowest BCUT2D eigenvalue weighted by Crippen LogP contribution is -2.14. The number of hydrogen-bond donors (Lipinski definition) is 1. The molecule has 3 nitrogen and oxygen atoms in total. The highest BCUT2D eigenvalue weighted by molar-refractivity contribution is 7.94. The summed E-state index contributed by atoms with van der Waals surface area (Å²) in [5.74, 6) is 0. The van der Waals surface area contributed by atoms with Crippen LogP contribution < -0.4 is 0 Å². The summed E-state index contributed by atoms with van der Waals surface area (Å²) in [5, 5.41) is 9.30. The molecule has 52 valence electrons. The zero-order valence-corrected chi connectivity index (χ0v) is 5.63. The molecule has 0 radical (unpaired) electrons. The van der Waals surface area contributed by atoms with Gasteiger partial charge in [0.15, 0.2) is 5.44 Å². The Labute approximate surface area is 54.2 Å². The smallest absolute Gasteiger partial charge is 0.201 e. The average Bonchev–Trinajstić information content (AvgIpc) is 1.86. The normalized spacial score (nSPS) is 14.3. The van der Waals surface area contributed by atoms with Gasteiger partial charge in [-0.3, -0.25) is 0 Å². The summed E-state index contributed by atoms with van der Waals surface area (Å²) in [6.45, 7) is 6.10. The van der Waals surface area contributed by atoms with Crippen molar-refractivity contribution >= 4 is 9.84 Å². The van der Waals surface area contributed by atoms with Crippen molar-refractivity contribution < 1.29 is 13.5 Å². The molecule has 1 unspecified atom stereocenters. The van der Waals surface area contributed by atoms with E-state index in [0.29, 0.717) is 5.41 Å². The van der Waals surface area contributed by atoms with Crippen LogP contribution in [0.2, 0.25) is 0 Å². The minimum Gasteiger partial charge on any atom is -0.373 e.